The van der Waals surface area contributed by atoms with Crippen LogP contribution in [0.5, 0.6) is 5.75 Å². The molecule has 0 fully saturated rings. The van der Waals surface area contributed by atoms with Crippen molar-refractivity contribution >= 4 is 29.0 Å². The van der Waals surface area contributed by atoms with E-state index in [2.05, 4.69) is 0 Å². The molecule has 0 bridgehead atoms. The van der Waals surface area contributed by atoms with E-state index in [1.54, 1.807) is 18.4 Å². The molecule has 5 heteroatoms. The van der Waals surface area contributed by atoms with Gasteiger partial charge >= 0.3 is 11.9 Å². The molecule has 19 heavy (non-hydrogen) atoms. The molecule has 1 aromatic heterocycles. The fourth-order valence-electron chi connectivity index (χ4n) is 1.73. The number of ether oxygens (including phenoxy) is 1. The first kappa shape index (κ1) is 12.9. The molecule has 2 aromatic rings. The van der Waals surface area contributed by atoms with Crippen LogP contribution < -0.4 is 4.74 Å². The highest BCUT2D eigenvalue weighted by Crippen LogP contribution is 2.30. The fraction of sp³-hybridized carbons (Fsp3) is 0.143. The Hall–Kier alpha value is -2.56. The summed E-state index contributed by atoms with van der Waals surface area (Å²) in [6.07, 6.45) is 3.96. The van der Waals surface area contributed by atoms with Crippen LogP contribution in [-0.2, 0) is 9.59 Å². The van der Waals surface area contributed by atoms with E-state index in [0.717, 1.165) is 17.0 Å². The van der Waals surface area contributed by atoms with Gasteiger partial charge in [-0.15, -0.1) is 0 Å². The number of esters is 1. The Morgan fingerprint density at radius 1 is 1.37 bits per heavy atom. The van der Waals surface area contributed by atoms with Crippen molar-refractivity contribution in [1.29, 1.82) is 0 Å². The van der Waals surface area contributed by atoms with Crippen molar-refractivity contribution < 1.29 is 23.8 Å². The first-order valence-corrected chi connectivity index (χ1v) is 5.58. The monoisotopic (exact) mass is 260 g/mol. The quantitative estimate of drug-likeness (QED) is 0.521. The van der Waals surface area contributed by atoms with Crippen molar-refractivity contribution in [2.75, 3.05) is 0 Å². The van der Waals surface area contributed by atoms with E-state index in [4.69, 9.17) is 14.3 Å². The summed E-state index contributed by atoms with van der Waals surface area (Å²) in [7, 11) is 0. The lowest BCUT2D eigenvalue weighted by Gasteiger charge is -2.05. The van der Waals surface area contributed by atoms with Crippen LogP contribution in [0.3, 0.4) is 0 Å². The summed E-state index contributed by atoms with van der Waals surface area (Å²) in [5.74, 6) is -1.28. The summed E-state index contributed by atoms with van der Waals surface area (Å²) < 4.78 is 10.4. The summed E-state index contributed by atoms with van der Waals surface area (Å²) >= 11 is 0. The maximum absolute atomic E-state index is 11.1. The number of rotatable bonds is 3. The smallest absolute Gasteiger partial charge is 0.328 e. The molecule has 0 saturated heterocycles. The van der Waals surface area contributed by atoms with Gasteiger partial charge in [0.1, 0.15) is 11.3 Å². The van der Waals surface area contributed by atoms with Gasteiger partial charge in [-0.05, 0) is 24.6 Å². The standard InChI is InChI=1S/C14H12O5/c1-8-7-18-13-6-12(19-9(2)15)10(5-11(8)13)3-4-14(16)17/h3-7H,1-2H3,(H,16,17)/b4-3+. The van der Waals surface area contributed by atoms with Gasteiger partial charge in [-0.2, -0.15) is 0 Å². The van der Waals surface area contributed by atoms with Gasteiger partial charge in [0, 0.05) is 30.0 Å². The second-order valence-corrected chi connectivity index (χ2v) is 4.07. The highest BCUT2D eigenvalue weighted by Gasteiger charge is 2.10. The SMILES string of the molecule is CC(=O)Oc1cc2occ(C)c2cc1/C=C/C(=O)O. The summed E-state index contributed by atoms with van der Waals surface area (Å²) in [6.45, 7) is 3.16. The fourth-order valence-corrected chi connectivity index (χ4v) is 1.73. The molecule has 0 atom stereocenters. The van der Waals surface area contributed by atoms with Crippen molar-refractivity contribution in [2.45, 2.75) is 13.8 Å². The van der Waals surface area contributed by atoms with Crippen LogP contribution in [0, 0.1) is 6.92 Å². The molecule has 5 nitrogen and oxygen atoms in total. The lowest BCUT2D eigenvalue weighted by molar-refractivity contribution is -0.132. The van der Waals surface area contributed by atoms with Crippen LogP contribution in [0.1, 0.15) is 18.1 Å². The van der Waals surface area contributed by atoms with Crippen LogP contribution in [0.25, 0.3) is 17.0 Å². The average molecular weight is 260 g/mol. The van der Waals surface area contributed by atoms with Gasteiger partial charge in [-0.3, -0.25) is 4.79 Å². The summed E-state index contributed by atoms with van der Waals surface area (Å²) in [5, 5.41) is 9.51. The van der Waals surface area contributed by atoms with Crippen LogP contribution in [0.15, 0.2) is 28.9 Å². The predicted octanol–water partition coefficient (Wildman–Crippen LogP) is 2.76. The maximum Gasteiger partial charge on any atom is 0.328 e. The normalized spacial score (nSPS) is 11.1. The Morgan fingerprint density at radius 3 is 2.74 bits per heavy atom. The van der Waals surface area contributed by atoms with Gasteiger partial charge in [0.2, 0.25) is 0 Å². The summed E-state index contributed by atoms with van der Waals surface area (Å²) in [6, 6.07) is 3.30. The lowest BCUT2D eigenvalue weighted by Crippen LogP contribution is -2.02. The summed E-state index contributed by atoms with van der Waals surface area (Å²) in [5.41, 5.74) is 2.02. The molecular formula is C14H12O5. The molecule has 1 N–H and O–H groups in total. The average Bonchev–Trinajstić information content (AvgIpc) is 2.67. The number of hydrogen-bond acceptors (Lipinski definition) is 4. The summed E-state index contributed by atoms with van der Waals surface area (Å²) in [4.78, 5) is 21.6. The second-order valence-electron chi connectivity index (χ2n) is 4.07. The van der Waals surface area contributed by atoms with E-state index in [0.29, 0.717) is 11.1 Å². The zero-order chi connectivity index (χ0) is 14.0. The molecule has 1 aromatic carbocycles. The Balaban J connectivity index is 2.58. The zero-order valence-corrected chi connectivity index (χ0v) is 10.5. The molecule has 0 aliphatic carbocycles. The number of carboxylic acid groups (broad SMARTS) is 1. The molecule has 0 aliphatic heterocycles. The second kappa shape index (κ2) is 4.97. The van der Waals surface area contributed by atoms with Crippen molar-refractivity contribution in [2.24, 2.45) is 0 Å². The van der Waals surface area contributed by atoms with Crippen LogP contribution in [-0.4, -0.2) is 17.0 Å². The Bertz CT molecular complexity index is 678. The Morgan fingerprint density at radius 2 is 2.11 bits per heavy atom. The van der Waals surface area contributed by atoms with E-state index in [1.807, 2.05) is 6.92 Å². The van der Waals surface area contributed by atoms with Gasteiger partial charge in [0.25, 0.3) is 0 Å². The van der Waals surface area contributed by atoms with Crippen molar-refractivity contribution in [3.63, 3.8) is 0 Å². The number of benzene rings is 1. The van der Waals surface area contributed by atoms with Crippen LogP contribution in [0.2, 0.25) is 0 Å². The minimum atomic E-state index is -1.07. The molecule has 2 rings (SSSR count). The molecule has 0 radical (unpaired) electrons. The number of fused-ring (bicyclic) bond motifs is 1. The number of carbonyl (C=O) groups is 2. The van der Waals surface area contributed by atoms with Gasteiger partial charge < -0.3 is 14.3 Å². The third kappa shape index (κ3) is 2.82. The van der Waals surface area contributed by atoms with Crippen molar-refractivity contribution in [3.8, 4) is 5.75 Å². The molecule has 1 heterocycles. The van der Waals surface area contributed by atoms with E-state index in [1.165, 1.54) is 13.0 Å². The highest BCUT2D eigenvalue weighted by molar-refractivity contribution is 5.90. The molecule has 98 valence electrons. The number of aliphatic carboxylic acids is 1. The van der Waals surface area contributed by atoms with E-state index in [-0.39, 0.29) is 5.75 Å². The van der Waals surface area contributed by atoms with E-state index in [9.17, 15) is 9.59 Å². The van der Waals surface area contributed by atoms with Crippen molar-refractivity contribution in [1.82, 2.24) is 0 Å². The predicted molar refractivity (Wildman–Crippen MR) is 68.9 cm³/mol. The molecule has 0 aliphatic rings. The van der Waals surface area contributed by atoms with Gasteiger partial charge in [-0.1, -0.05) is 0 Å². The molecule has 0 unspecified atom stereocenters. The van der Waals surface area contributed by atoms with Crippen LogP contribution in [0.4, 0.5) is 0 Å². The van der Waals surface area contributed by atoms with E-state index < -0.39 is 11.9 Å². The number of aryl methyl sites for hydroxylation is 1. The molecule has 0 saturated carbocycles. The highest BCUT2D eigenvalue weighted by atomic mass is 16.5. The van der Waals surface area contributed by atoms with Gasteiger partial charge in [0.15, 0.2) is 0 Å². The molecular weight excluding hydrogens is 248 g/mol. The number of carboxylic acids is 1. The van der Waals surface area contributed by atoms with Gasteiger partial charge in [0.05, 0.1) is 6.26 Å². The third-order valence-corrected chi connectivity index (χ3v) is 2.56. The lowest BCUT2D eigenvalue weighted by atomic mass is 10.1. The maximum atomic E-state index is 11.1. The zero-order valence-electron chi connectivity index (χ0n) is 10.5. The largest absolute Gasteiger partial charge is 0.478 e. The first-order chi connectivity index (χ1) is 8.97. The Kier molecular flexibility index (Phi) is 3.37. The molecule has 0 amide bonds. The number of furan rings is 1. The topological polar surface area (TPSA) is 76.7 Å². The Labute approximate surface area is 109 Å². The van der Waals surface area contributed by atoms with Crippen LogP contribution >= 0.6 is 0 Å². The molecule has 0 spiro atoms. The van der Waals surface area contributed by atoms with E-state index >= 15 is 0 Å². The minimum absolute atomic E-state index is 0.270. The van der Waals surface area contributed by atoms with Crippen molar-refractivity contribution in [3.05, 3.63) is 35.6 Å². The minimum Gasteiger partial charge on any atom is -0.478 e. The van der Waals surface area contributed by atoms with Gasteiger partial charge in [-0.25, -0.2) is 4.79 Å². The first-order valence-electron chi connectivity index (χ1n) is 5.58. The third-order valence-electron chi connectivity index (χ3n) is 2.56. The number of hydrogen-bond donors (Lipinski definition) is 1. The number of carbonyl (C=O) groups excluding carboxylic acids is 1.